The largest absolute Gasteiger partial charge is 0.388 e. The Kier molecular flexibility index (Phi) is 3.14. The summed E-state index contributed by atoms with van der Waals surface area (Å²) in [4.78, 5) is 0. The van der Waals surface area contributed by atoms with Crippen LogP contribution in [0.15, 0.2) is 24.3 Å². The van der Waals surface area contributed by atoms with E-state index in [-0.39, 0.29) is 12.1 Å². The van der Waals surface area contributed by atoms with E-state index in [0.717, 1.165) is 32.4 Å². The molecule has 1 saturated heterocycles. The van der Waals surface area contributed by atoms with Gasteiger partial charge in [0.25, 0.3) is 0 Å². The normalized spacial score (nSPS) is 29.9. The first-order valence-corrected chi connectivity index (χ1v) is 6.47. The van der Waals surface area contributed by atoms with E-state index >= 15 is 0 Å². The van der Waals surface area contributed by atoms with E-state index in [1.807, 2.05) is 6.07 Å². The second-order valence-corrected chi connectivity index (χ2v) is 4.92. The maximum Gasteiger partial charge on any atom is 0.0996 e. The minimum Gasteiger partial charge on any atom is -0.388 e. The van der Waals surface area contributed by atoms with Crippen LogP contribution in [0.1, 0.15) is 30.0 Å². The van der Waals surface area contributed by atoms with E-state index in [1.54, 1.807) is 0 Å². The number of aliphatic hydroxyl groups is 1. The fourth-order valence-corrected chi connectivity index (χ4v) is 2.93. The van der Waals surface area contributed by atoms with Crippen molar-refractivity contribution in [1.82, 2.24) is 5.32 Å². The first-order chi connectivity index (χ1) is 8.36. The van der Waals surface area contributed by atoms with Gasteiger partial charge in [-0.1, -0.05) is 24.3 Å². The molecule has 2 aliphatic heterocycles. The van der Waals surface area contributed by atoms with Crippen molar-refractivity contribution in [2.24, 2.45) is 0 Å². The summed E-state index contributed by atoms with van der Waals surface area (Å²) in [6, 6.07) is 8.42. The zero-order valence-corrected chi connectivity index (χ0v) is 9.93. The molecule has 1 fully saturated rings. The van der Waals surface area contributed by atoms with Crippen molar-refractivity contribution in [2.45, 2.75) is 37.5 Å². The Morgan fingerprint density at radius 1 is 1.35 bits per heavy atom. The Labute approximate surface area is 102 Å². The maximum atomic E-state index is 10.4. The molecule has 3 heteroatoms. The molecule has 92 valence electrons. The fourth-order valence-electron chi connectivity index (χ4n) is 2.93. The van der Waals surface area contributed by atoms with E-state index in [2.05, 4.69) is 23.5 Å². The van der Waals surface area contributed by atoms with Crippen LogP contribution in [0.5, 0.6) is 0 Å². The van der Waals surface area contributed by atoms with Crippen LogP contribution in [0.3, 0.4) is 0 Å². The second kappa shape index (κ2) is 4.77. The molecule has 17 heavy (non-hydrogen) atoms. The molecule has 0 aliphatic carbocycles. The molecule has 0 saturated carbocycles. The van der Waals surface area contributed by atoms with Gasteiger partial charge in [0.2, 0.25) is 0 Å². The molecule has 0 amide bonds. The van der Waals surface area contributed by atoms with Crippen LogP contribution in [0.4, 0.5) is 0 Å². The second-order valence-electron chi connectivity index (χ2n) is 4.92. The quantitative estimate of drug-likeness (QED) is 0.811. The summed E-state index contributed by atoms with van der Waals surface area (Å²) in [6.07, 6.45) is 2.65. The first-order valence-electron chi connectivity index (χ1n) is 6.47. The van der Waals surface area contributed by atoms with Crippen LogP contribution in [-0.2, 0) is 11.2 Å². The minimum absolute atomic E-state index is 0.00124. The third-order valence-corrected chi connectivity index (χ3v) is 3.84. The highest BCUT2D eigenvalue weighted by atomic mass is 16.5. The molecule has 3 unspecified atom stereocenters. The molecule has 1 aromatic rings. The van der Waals surface area contributed by atoms with Crippen molar-refractivity contribution in [3.63, 3.8) is 0 Å². The lowest BCUT2D eigenvalue weighted by atomic mass is 9.89. The Balaban J connectivity index is 1.84. The van der Waals surface area contributed by atoms with Gasteiger partial charge < -0.3 is 15.2 Å². The molecule has 0 spiro atoms. The SMILES string of the molecule is OC(C1CCCO1)C1NCCc2ccccc21. The van der Waals surface area contributed by atoms with Gasteiger partial charge in [0, 0.05) is 6.61 Å². The smallest absolute Gasteiger partial charge is 0.0996 e. The van der Waals surface area contributed by atoms with E-state index < -0.39 is 6.10 Å². The van der Waals surface area contributed by atoms with Crippen molar-refractivity contribution in [3.8, 4) is 0 Å². The van der Waals surface area contributed by atoms with Crippen molar-refractivity contribution in [3.05, 3.63) is 35.4 Å². The maximum absolute atomic E-state index is 10.4. The lowest BCUT2D eigenvalue weighted by Gasteiger charge is -2.33. The van der Waals surface area contributed by atoms with Crippen molar-refractivity contribution in [1.29, 1.82) is 0 Å². The summed E-state index contributed by atoms with van der Waals surface area (Å²) >= 11 is 0. The average Bonchev–Trinajstić information content (AvgIpc) is 2.91. The summed E-state index contributed by atoms with van der Waals surface area (Å²) in [5.74, 6) is 0. The van der Waals surface area contributed by atoms with Crippen molar-refractivity contribution >= 4 is 0 Å². The predicted molar refractivity (Wildman–Crippen MR) is 65.9 cm³/mol. The number of hydrogen-bond donors (Lipinski definition) is 2. The third kappa shape index (κ3) is 2.10. The first kappa shape index (κ1) is 11.2. The monoisotopic (exact) mass is 233 g/mol. The minimum atomic E-state index is -0.432. The summed E-state index contributed by atoms with van der Waals surface area (Å²) < 4.78 is 5.59. The molecular formula is C14H19NO2. The lowest BCUT2D eigenvalue weighted by molar-refractivity contribution is -0.0223. The Morgan fingerprint density at radius 3 is 3.06 bits per heavy atom. The summed E-state index contributed by atoms with van der Waals surface area (Å²) in [5, 5.41) is 13.9. The third-order valence-electron chi connectivity index (χ3n) is 3.84. The molecule has 0 aromatic heterocycles. The van der Waals surface area contributed by atoms with Crippen LogP contribution in [-0.4, -0.2) is 30.5 Å². The zero-order chi connectivity index (χ0) is 11.7. The van der Waals surface area contributed by atoms with Crippen LogP contribution >= 0.6 is 0 Å². The van der Waals surface area contributed by atoms with Gasteiger partial charge in [-0.15, -0.1) is 0 Å². The highest BCUT2D eigenvalue weighted by Gasteiger charge is 2.33. The zero-order valence-electron chi connectivity index (χ0n) is 9.93. The number of ether oxygens (including phenoxy) is 1. The molecule has 3 atom stereocenters. The molecule has 1 aromatic carbocycles. The topological polar surface area (TPSA) is 41.5 Å². The number of rotatable bonds is 2. The number of aliphatic hydroxyl groups excluding tert-OH is 1. The van der Waals surface area contributed by atoms with Gasteiger partial charge in [-0.3, -0.25) is 0 Å². The van der Waals surface area contributed by atoms with Crippen molar-refractivity contribution in [2.75, 3.05) is 13.2 Å². The van der Waals surface area contributed by atoms with Crippen LogP contribution in [0.2, 0.25) is 0 Å². The van der Waals surface area contributed by atoms with Crippen LogP contribution in [0, 0.1) is 0 Å². The van der Waals surface area contributed by atoms with Gasteiger partial charge in [-0.2, -0.15) is 0 Å². The lowest BCUT2D eigenvalue weighted by Crippen LogP contribution is -2.43. The summed E-state index contributed by atoms with van der Waals surface area (Å²) in [6.45, 7) is 1.72. The number of benzene rings is 1. The molecule has 0 bridgehead atoms. The van der Waals surface area contributed by atoms with Gasteiger partial charge in [0.05, 0.1) is 18.2 Å². The molecule has 0 radical (unpaired) electrons. The summed E-state index contributed by atoms with van der Waals surface area (Å²) in [7, 11) is 0. The Hall–Kier alpha value is -0.900. The van der Waals surface area contributed by atoms with E-state index in [9.17, 15) is 5.11 Å². The highest BCUT2D eigenvalue weighted by Crippen LogP contribution is 2.30. The molecule has 3 rings (SSSR count). The standard InChI is InChI=1S/C14H19NO2/c16-14(12-6-3-9-17-12)13-11-5-2-1-4-10(11)7-8-15-13/h1-2,4-5,12-16H,3,6-9H2. The predicted octanol–water partition coefficient (Wildman–Crippen LogP) is 1.41. The van der Waals surface area contributed by atoms with Gasteiger partial charge in [-0.25, -0.2) is 0 Å². The van der Waals surface area contributed by atoms with E-state index in [0.29, 0.717) is 0 Å². The van der Waals surface area contributed by atoms with Gasteiger partial charge >= 0.3 is 0 Å². The molecular weight excluding hydrogens is 214 g/mol. The van der Waals surface area contributed by atoms with Crippen LogP contribution < -0.4 is 5.32 Å². The van der Waals surface area contributed by atoms with Gasteiger partial charge in [0.15, 0.2) is 0 Å². The van der Waals surface area contributed by atoms with Crippen LogP contribution in [0.25, 0.3) is 0 Å². The van der Waals surface area contributed by atoms with Gasteiger partial charge in [0.1, 0.15) is 0 Å². The molecule has 2 heterocycles. The van der Waals surface area contributed by atoms with Gasteiger partial charge in [-0.05, 0) is 36.9 Å². The molecule has 2 N–H and O–H groups in total. The average molecular weight is 233 g/mol. The van der Waals surface area contributed by atoms with Crippen molar-refractivity contribution < 1.29 is 9.84 Å². The van der Waals surface area contributed by atoms with E-state index in [4.69, 9.17) is 4.74 Å². The fraction of sp³-hybridized carbons (Fsp3) is 0.571. The molecule has 3 nitrogen and oxygen atoms in total. The number of fused-ring (bicyclic) bond motifs is 1. The Bertz CT molecular complexity index is 388. The Morgan fingerprint density at radius 2 is 2.24 bits per heavy atom. The molecule has 2 aliphatic rings. The highest BCUT2D eigenvalue weighted by molar-refractivity contribution is 5.33. The number of hydrogen-bond acceptors (Lipinski definition) is 3. The number of nitrogens with one attached hydrogen (secondary N) is 1. The van der Waals surface area contributed by atoms with E-state index in [1.165, 1.54) is 11.1 Å². The summed E-state index contributed by atoms with van der Waals surface area (Å²) in [5.41, 5.74) is 2.59.